The van der Waals surface area contributed by atoms with Gasteiger partial charge in [-0.25, -0.2) is 4.39 Å². The molecule has 1 aliphatic rings. The fourth-order valence-corrected chi connectivity index (χ4v) is 2.67. The largest absolute Gasteiger partial charge is 0.494 e. The lowest BCUT2D eigenvalue weighted by atomic mass is 9.99. The van der Waals surface area contributed by atoms with Crippen LogP contribution in [-0.4, -0.2) is 50.4 Å². The van der Waals surface area contributed by atoms with Crippen LogP contribution in [0, 0.1) is 5.82 Å². The summed E-state index contributed by atoms with van der Waals surface area (Å²) in [6.07, 6.45) is 0.413. The molecule has 2 atom stereocenters. The lowest BCUT2D eigenvalue weighted by Gasteiger charge is -2.36. The van der Waals surface area contributed by atoms with Gasteiger partial charge < -0.3 is 9.47 Å². The van der Waals surface area contributed by atoms with E-state index in [-0.39, 0.29) is 23.7 Å². The third-order valence-corrected chi connectivity index (χ3v) is 3.99. The van der Waals surface area contributed by atoms with E-state index in [9.17, 15) is 4.39 Å². The minimum Gasteiger partial charge on any atom is -0.494 e. The summed E-state index contributed by atoms with van der Waals surface area (Å²) in [6.45, 7) is 5.51. The lowest BCUT2D eigenvalue weighted by molar-refractivity contribution is -0.0449. The second-order valence-electron chi connectivity index (χ2n) is 5.21. The standard InChI is InChI=1S/C15H24FN3O2/c1-3-19-7-8-21-14(10-19)12(18-17)9-11-5-4-6-13(20-2)15(11)16/h4-6,12,14,18H,3,7-10,17H2,1-2H3. The summed E-state index contributed by atoms with van der Waals surface area (Å²) >= 11 is 0. The topological polar surface area (TPSA) is 59.8 Å². The van der Waals surface area contributed by atoms with Gasteiger partial charge >= 0.3 is 0 Å². The lowest BCUT2D eigenvalue weighted by Crippen LogP contribution is -2.54. The Labute approximate surface area is 125 Å². The fraction of sp³-hybridized carbons (Fsp3) is 0.600. The quantitative estimate of drug-likeness (QED) is 0.604. The van der Waals surface area contributed by atoms with Gasteiger partial charge in [0.2, 0.25) is 0 Å². The fourth-order valence-electron chi connectivity index (χ4n) is 2.67. The number of morpholine rings is 1. The first kappa shape index (κ1) is 16.2. The summed E-state index contributed by atoms with van der Waals surface area (Å²) in [6, 6.07) is 5.01. The highest BCUT2D eigenvalue weighted by molar-refractivity contribution is 5.31. The van der Waals surface area contributed by atoms with Gasteiger partial charge in [0.15, 0.2) is 11.6 Å². The first-order valence-electron chi connectivity index (χ1n) is 7.31. The number of halogens is 1. The predicted molar refractivity (Wildman–Crippen MR) is 79.6 cm³/mol. The third-order valence-electron chi connectivity index (χ3n) is 3.99. The molecule has 0 spiro atoms. The van der Waals surface area contributed by atoms with Crippen molar-refractivity contribution in [1.82, 2.24) is 10.3 Å². The van der Waals surface area contributed by atoms with Crippen LogP contribution in [0.4, 0.5) is 4.39 Å². The first-order chi connectivity index (χ1) is 10.2. The van der Waals surface area contributed by atoms with Crippen LogP contribution in [0.3, 0.4) is 0 Å². The molecule has 0 bridgehead atoms. The molecule has 1 aliphatic heterocycles. The van der Waals surface area contributed by atoms with E-state index in [4.69, 9.17) is 15.3 Å². The Kier molecular flexibility index (Phi) is 5.93. The molecule has 0 aromatic heterocycles. The van der Waals surface area contributed by atoms with Gasteiger partial charge in [0.1, 0.15) is 0 Å². The van der Waals surface area contributed by atoms with E-state index < -0.39 is 0 Å². The van der Waals surface area contributed by atoms with Crippen molar-refractivity contribution in [1.29, 1.82) is 0 Å². The van der Waals surface area contributed by atoms with Gasteiger partial charge in [0.25, 0.3) is 0 Å². The second kappa shape index (κ2) is 7.70. The maximum atomic E-state index is 14.2. The number of nitrogens with zero attached hydrogens (tertiary/aromatic N) is 1. The highest BCUT2D eigenvalue weighted by Gasteiger charge is 2.28. The number of nitrogens with one attached hydrogen (secondary N) is 1. The van der Waals surface area contributed by atoms with Crippen LogP contribution in [-0.2, 0) is 11.2 Å². The van der Waals surface area contributed by atoms with Gasteiger partial charge in [-0.05, 0) is 24.6 Å². The number of nitrogens with two attached hydrogens (primary N) is 1. The molecule has 2 unspecified atom stereocenters. The van der Waals surface area contributed by atoms with E-state index >= 15 is 0 Å². The average molecular weight is 297 g/mol. The van der Waals surface area contributed by atoms with Crippen molar-refractivity contribution < 1.29 is 13.9 Å². The normalized spacial score (nSPS) is 21.2. The number of hydrazine groups is 1. The van der Waals surface area contributed by atoms with Crippen LogP contribution < -0.4 is 16.0 Å². The third kappa shape index (κ3) is 3.91. The Morgan fingerprint density at radius 1 is 1.57 bits per heavy atom. The zero-order chi connectivity index (χ0) is 15.2. The molecule has 6 heteroatoms. The molecule has 1 heterocycles. The Bertz CT molecular complexity index is 459. The van der Waals surface area contributed by atoms with Crippen molar-refractivity contribution in [3.8, 4) is 5.75 Å². The molecule has 1 saturated heterocycles. The van der Waals surface area contributed by atoms with Gasteiger partial charge in [-0.2, -0.15) is 0 Å². The predicted octanol–water partition coefficient (Wildman–Crippen LogP) is 0.929. The molecule has 0 aliphatic carbocycles. The van der Waals surface area contributed by atoms with Crippen molar-refractivity contribution in [2.45, 2.75) is 25.5 Å². The molecule has 2 rings (SSSR count). The molecule has 5 nitrogen and oxygen atoms in total. The summed E-state index contributed by atoms with van der Waals surface area (Å²) < 4.78 is 25.0. The maximum Gasteiger partial charge on any atom is 0.168 e. The Morgan fingerprint density at radius 2 is 2.38 bits per heavy atom. The highest BCUT2D eigenvalue weighted by atomic mass is 19.1. The highest BCUT2D eigenvalue weighted by Crippen LogP contribution is 2.22. The summed E-state index contributed by atoms with van der Waals surface area (Å²) in [5, 5.41) is 0. The Morgan fingerprint density at radius 3 is 3.05 bits per heavy atom. The van der Waals surface area contributed by atoms with Crippen molar-refractivity contribution in [3.05, 3.63) is 29.6 Å². The summed E-state index contributed by atoms with van der Waals surface area (Å²) in [4.78, 5) is 2.31. The summed E-state index contributed by atoms with van der Waals surface area (Å²) in [7, 11) is 1.46. The molecule has 21 heavy (non-hydrogen) atoms. The SMILES string of the molecule is CCN1CCOC(C(Cc2cccc(OC)c2F)NN)C1. The number of hydrogen-bond donors (Lipinski definition) is 2. The summed E-state index contributed by atoms with van der Waals surface area (Å²) in [5.41, 5.74) is 3.35. The molecule has 0 radical (unpaired) electrons. The van der Waals surface area contributed by atoms with E-state index in [1.807, 2.05) is 0 Å². The van der Waals surface area contributed by atoms with Crippen LogP contribution in [0.15, 0.2) is 18.2 Å². The van der Waals surface area contributed by atoms with Crippen LogP contribution in [0.1, 0.15) is 12.5 Å². The smallest absolute Gasteiger partial charge is 0.168 e. The van der Waals surface area contributed by atoms with Gasteiger partial charge in [-0.15, -0.1) is 0 Å². The van der Waals surface area contributed by atoms with Crippen molar-refractivity contribution >= 4 is 0 Å². The summed E-state index contributed by atoms with van der Waals surface area (Å²) in [5.74, 6) is 5.58. The molecule has 0 saturated carbocycles. The Hall–Kier alpha value is -1.21. The number of likely N-dealkylation sites (N-methyl/N-ethyl adjacent to an activating group) is 1. The zero-order valence-corrected chi connectivity index (χ0v) is 12.6. The average Bonchev–Trinajstić information content (AvgIpc) is 2.54. The van der Waals surface area contributed by atoms with Crippen LogP contribution >= 0.6 is 0 Å². The van der Waals surface area contributed by atoms with Crippen LogP contribution in [0.25, 0.3) is 0 Å². The molecule has 1 aromatic carbocycles. The number of methoxy groups -OCH3 is 1. The minimum absolute atomic E-state index is 0.0469. The second-order valence-corrected chi connectivity index (χ2v) is 5.21. The van der Waals surface area contributed by atoms with E-state index in [2.05, 4.69) is 17.2 Å². The van der Waals surface area contributed by atoms with Crippen molar-refractivity contribution in [2.75, 3.05) is 33.4 Å². The van der Waals surface area contributed by atoms with Crippen LogP contribution in [0.2, 0.25) is 0 Å². The first-order valence-corrected chi connectivity index (χ1v) is 7.31. The van der Waals surface area contributed by atoms with Gasteiger partial charge in [-0.1, -0.05) is 19.1 Å². The van der Waals surface area contributed by atoms with E-state index in [1.165, 1.54) is 7.11 Å². The Balaban J connectivity index is 2.08. The molecule has 1 fully saturated rings. The minimum atomic E-state index is -0.330. The molecule has 0 amide bonds. The van der Waals surface area contributed by atoms with Crippen LogP contribution in [0.5, 0.6) is 5.75 Å². The van der Waals surface area contributed by atoms with Crippen molar-refractivity contribution in [2.24, 2.45) is 5.84 Å². The maximum absolute atomic E-state index is 14.2. The molecule has 1 aromatic rings. The van der Waals surface area contributed by atoms with E-state index in [1.54, 1.807) is 18.2 Å². The van der Waals surface area contributed by atoms with Gasteiger partial charge in [-0.3, -0.25) is 16.2 Å². The number of hydrogen-bond acceptors (Lipinski definition) is 5. The number of benzene rings is 1. The molecule has 3 N–H and O–H groups in total. The van der Waals surface area contributed by atoms with Crippen molar-refractivity contribution in [3.63, 3.8) is 0 Å². The van der Waals surface area contributed by atoms with E-state index in [0.29, 0.717) is 18.6 Å². The number of rotatable bonds is 6. The van der Waals surface area contributed by atoms with Gasteiger partial charge in [0.05, 0.1) is 25.9 Å². The van der Waals surface area contributed by atoms with Gasteiger partial charge in [0, 0.05) is 13.1 Å². The molecule has 118 valence electrons. The molecular formula is C15H24FN3O2. The monoisotopic (exact) mass is 297 g/mol. The zero-order valence-electron chi connectivity index (χ0n) is 12.6. The molecular weight excluding hydrogens is 273 g/mol. The van der Waals surface area contributed by atoms with E-state index in [0.717, 1.165) is 19.6 Å². The number of ether oxygens (including phenoxy) is 2.